The Labute approximate surface area is 140 Å². The van der Waals surface area contributed by atoms with E-state index in [0.29, 0.717) is 5.56 Å². The van der Waals surface area contributed by atoms with Crippen LogP contribution in [0.25, 0.3) is 0 Å². The van der Waals surface area contributed by atoms with Crippen LogP contribution in [-0.2, 0) is 22.4 Å². The Bertz CT molecular complexity index is 672. The minimum atomic E-state index is -2.21. The van der Waals surface area contributed by atoms with Gasteiger partial charge in [0.1, 0.15) is 0 Å². The fourth-order valence-electron chi connectivity index (χ4n) is 2.57. The van der Waals surface area contributed by atoms with Crippen LogP contribution in [0, 0.1) is 5.92 Å². The van der Waals surface area contributed by atoms with Gasteiger partial charge in [-0.3, -0.25) is 4.79 Å². The number of carbonyl (C=O) groups excluding carboxylic acids is 1. The first-order valence-corrected chi connectivity index (χ1v) is 7.64. The van der Waals surface area contributed by atoms with Crippen LogP contribution >= 0.6 is 12.6 Å². The second kappa shape index (κ2) is 7.44. The molecule has 0 fully saturated rings. The van der Waals surface area contributed by atoms with E-state index in [2.05, 4.69) is 12.6 Å². The van der Waals surface area contributed by atoms with Crippen molar-refractivity contribution in [2.45, 2.75) is 18.4 Å². The van der Waals surface area contributed by atoms with Crippen molar-refractivity contribution in [2.75, 3.05) is 0 Å². The Hall–Kier alpha value is -2.11. The maximum absolute atomic E-state index is 11.9. The third-order valence-electron chi connectivity index (χ3n) is 3.84. The van der Waals surface area contributed by atoms with Crippen LogP contribution in [0.3, 0.4) is 0 Å². The number of rotatable bonds is 7. The van der Waals surface area contributed by atoms with Crippen LogP contribution in [0.4, 0.5) is 0 Å². The Morgan fingerprint density at radius 2 is 1.43 bits per heavy atom. The summed E-state index contributed by atoms with van der Waals surface area (Å²) in [6.07, 6.45) is -0.0498. The van der Waals surface area contributed by atoms with Gasteiger partial charge < -0.3 is 10.2 Å². The molecule has 2 aromatic carbocycles. The van der Waals surface area contributed by atoms with E-state index in [1.54, 1.807) is 54.6 Å². The van der Waals surface area contributed by atoms with Crippen LogP contribution in [0.15, 0.2) is 60.7 Å². The number of carboxylic acids is 1. The molecular formula is C18H18O4S. The van der Waals surface area contributed by atoms with Crippen molar-refractivity contribution in [3.63, 3.8) is 0 Å². The number of hydrogen-bond donors (Lipinski definition) is 3. The molecule has 5 heteroatoms. The lowest BCUT2D eigenvalue weighted by molar-refractivity contribution is -0.166. The average Bonchev–Trinajstić information content (AvgIpc) is 2.54. The van der Waals surface area contributed by atoms with Gasteiger partial charge in [-0.05, 0) is 17.5 Å². The Balaban J connectivity index is 2.34. The zero-order valence-electron chi connectivity index (χ0n) is 12.4. The van der Waals surface area contributed by atoms with Gasteiger partial charge in [0, 0.05) is 6.42 Å². The second-order valence-corrected chi connectivity index (χ2v) is 5.91. The summed E-state index contributed by atoms with van der Waals surface area (Å²) in [7, 11) is 0. The predicted molar refractivity (Wildman–Crippen MR) is 90.4 cm³/mol. The van der Waals surface area contributed by atoms with Gasteiger partial charge in [0.05, 0.1) is 5.92 Å². The van der Waals surface area contributed by atoms with Crippen LogP contribution in [0.5, 0.6) is 0 Å². The van der Waals surface area contributed by atoms with Crippen LogP contribution in [0.1, 0.15) is 11.1 Å². The van der Waals surface area contributed by atoms with Crippen molar-refractivity contribution in [2.24, 2.45) is 5.92 Å². The van der Waals surface area contributed by atoms with Crippen molar-refractivity contribution in [1.82, 2.24) is 0 Å². The fraction of sp³-hybridized carbons (Fsp3) is 0.222. The minimum absolute atomic E-state index is 0.110. The summed E-state index contributed by atoms with van der Waals surface area (Å²) in [4.78, 5) is 23.7. The molecule has 0 amide bonds. The predicted octanol–water partition coefficient (Wildman–Crippen LogP) is 2.36. The molecule has 0 aliphatic carbocycles. The molecule has 2 aromatic rings. The van der Waals surface area contributed by atoms with Crippen molar-refractivity contribution in [1.29, 1.82) is 0 Å². The van der Waals surface area contributed by atoms with E-state index < -0.39 is 22.6 Å². The quantitative estimate of drug-likeness (QED) is 0.681. The highest BCUT2D eigenvalue weighted by molar-refractivity contribution is 7.96. The average molecular weight is 330 g/mol. The number of aliphatic hydroxyl groups is 1. The molecule has 0 aromatic heterocycles. The number of thiol groups is 1. The first kappa shape index (κ1) is 17.2. The molecule has 0 aliphatic heterocycles. The summed E-state index contributed by atoms with van der Waals surface area (Å²) in [5, 5.41) is 19.7. The highest BCUT2D eigenvalue weighted by Crippen LogP contribution is 2.28. The van der Waals surface area contributed by atoms with Gasteiger partial charge in [-0.2, -0.15) is 0 Å². The first-order chi connectivity index (χ1) is 10.9. The first-order valence-electron chi connectivity index (χ1n) is 7.20. The van der Waals surface area contributed by atoms with E-state index in [1.807, 2.05) is 6.07 Å². The molecule has 23 heavy (non-hydrogen) atoms. The smallest absolute Gasteiger partial charge is 0.336 e. The lowest BCUT2D eigenvalue weighted by Crippen LogP contribution is -2.51. The van der Waals surface area contributed by atoms with Gasteiger partial charge in [0.25, 0.3) is 0 Å². The van der Waals surface area contributed by atoms with E-state index in [9.17, 15) is 19.8 Å². The topological polar surface area (TPSA) is 74.6 Å². The number of carbonyl (C=O) groups is 2. The van der Waals surface area contributed by atoms with E-state index in [0.717, 1.165) is 5.56 Å². The maximum Gasteiger partial charge on any atom is 0.336 e. The number of benzene rings is 2. The largest absolute Gasteiger partial charge is 0.479 e. The fourth-order valence-corrected chi connectivity index (χ4v) is 2.87. The van der Waals surface area contributed by atoms with Gasteiger partial charge in [-0.25, -0.2) is 4.79 Å². The molecule has 120 valence electrons. The van der Waals surface area contributed by atoms with E-state index in [-0.39, 0.29) is 12.8 Å². The molecular weight excluding hydrogens is 312 g/mol. The lowest BCUT2D eigenvalue weighted by atomic mass is 9.79. The molecule has 0 saturated heterocycles. The third kappa shape index (κ3) is 4.21. The molecule has 4 nitrogen and oxygen atoms in total. The monoisotopic (exact) mass is 330 g/mol. The van der Waals surface area contributed by atoms with Crippen molar-refractivity contribution in [3.05, 3.63) is 71.8 Å². The van der Waals surface area contributed by atoms with Crippen molar-refractivity contribution in [3.8, 4) is 0 Å². The van der Waals surface area contributed by atoms with E-state index >= 15 is 0 Å². The Morgan fingerprint density at radius 3 is 1.87 bits per heavy atom. The summed E-state index contributed by atoms with van der Waals surface area (Å²) in [6.45, 7) is 0. The van der Waals surface area contributed by atoms with Gasteiger partial charge in [-0.1, -0.05) is 60.7 Å². The normalized spacial score (nSPS) is 14.7. The second-order valence-electron chi connectivity index (χ2n) is 5.47. The molecule has 0 saturated carbocycles. The summed E-state index contributed by atoms with van der Waals surface area (Å²) in [5.74, 6) is -2.57. The standard InChI is InChI=1S/C18H18O4S/c19-16(23)15(11-13-7-3-1-4-8-13)18(22,17(20)21)12-14-9-5-2-6-10-14/h1-10,15,22H,11-12H2,(H,19,23)(H,20,21). The molecule has 0 spiro atoms. The van der Waals surface area contributed by atoms with Crippen LogP contribution in [0.2, 0.25) is 0 Å². The molecule has 2 N–H and O–H groups in total. The van der Waals surface area contributed by atoms with Gasteiger partial charge in [0.2, 0.25) is 0 Å². The SMILES string of the molecule is O=C(S)C(Cc1ccccc1)C(O)(Cc1ccccc1)C(=O)O. The Morgan fingerprint density at radius 1 is 0.957 bits per heavy atom. The molecule has 2 unspecified atom stereocenters. The van der Waals surface area contributed by atoms with E-state index in [1.165, 1.54) is 0 Å². The molecule has 2 atom stereocenters. The van der Waals surface area contributed by atoms with Crippen molar-refractivity contribution >= 4 is 23.7 Å². The lowest BCUT2D eigenvalue weighted by Gasteiger charge is -2.30. The highest BCUT2D eigenvalue weighted by atomic mass is 32.1. The molecule has 2 rings (SSSR count). The molecule has 0 bridgehead atoms. The minimum Gasteiger partial charge on any atom is -0.479 e. The Kier molecular flexibility index (Phi) is 5.58. The number of hydrogen-bond acceptors (Lipinski definition) is 3. The van der Waals surface area contributed by atoms with Gasteiger partial charge >= 0.3 is 5.97 Å². The zero-order valence-corrected chi connectivity index (χ0v) is 13.3. The number of carboxylic acid groups (broad SMARTS) is 1. The third-order valence-corrected chi connectivity index (χ3v) is 4.16. The van der Waals surface area contributed by atoms with Crippen molar-refractivity contribution < 1.29 is 19.8 Å². The highest BCUT2D eigenvalue weighted by Gasteiger charge is 2.47. The molecule has 0 aliphatic rings. The summed E-state index contributed by atoms with van der Waals surface area (Å²) in [6, 6.07) is 17.7. The summed E-state index contributed by atoms with van der Waals surface area (Å²) >= 11 is 3.82. The number of aliphatic carboxylic acids is 1. The van der Waals surface area contributed by atoms with Crippen LogP contribution in [-0.4, -0.2) is 26.9 Å². The molecule has 0 heterocycles. The summed E-state index contributed by atoms with van der Waals surface area (Å²) < 4.78 is 0. The zero-order chi connectivity index (χ0) is 16.9. The van der Waals surface area contributed by atoms with Gasteiger partial charge in [-0.15, -0.1) is 12.6 Å². The van der Waals surface area contributed by atoms with Gasteiger partial charge in [0.15, 0.2) is 10.7 Å². The molecule has 0 radical (unpaired) electrons. The summed E-state index contributed by atoms with van der Waals surface area (Å²) in [5.41, 5.74) is -0.798. The van der Waals surface area contributed by atoms with Crippen LogP contribution < -0.4 is 0 Å². The maximum atomic E-state index is 11.9. The van der Waals surface area contributed by atoms with E-state index in [4.69, 9.17) is 0 Å².